The quantitative estimate of drug-likeness (QED) is 0.879. The molecule has 1 aromatic carbocycles. The lowest BCUT2D eigenvalue weighted by molar-refractivity contribution is 0.321. The fourth-order valence-corrected chi connectivity index (χ4v) is 1.65. The second-order valence-electron chi connectivity index (χ2n) is 3.99. The molecule has 0 saturated carbocycles. The van der Waals surface area contributed by atoms with Gasteiger partial charge in [0, 0.05) is 17.8 Å². The topological polar surface area (TPSA) is 69.4 Å². The zero-order valence-electron chi connectivity index (χ0n) is 11.3. The fourth-order valence-electron chi connectivity index (χ4n) is 1.65. The number of nitrogens with zero attached hydrogens (tertiary/aromatic N) is 1. The van der Waals surface area contributed by atoms with Gasteiger partial charge in [0.1, 0.15) is 0 Å². The third kappa shape index (κ3) is 3.09. The molecule has 2 aromatic rings. The van der Waals surface area contributed by atoms with Gasteiger partial charge < -0.3 is 20.5 Å². The van der Waals surface area contributed by atoms with Gasteiger partial charge in [-0.2, -0.15) is 4.98 Å². The molecule has 0 aliphatic rings. The van der Waals surface area contributed by atoms with Crippen molar-refractivity contribution in [3.8, 4) is 11.6 Å². The molecule has 0 radical (unpaired) electrons. The highest BCUT2D eigenvalue weighted by Gasteiger charge is 2.07. The number of hydrogen-bond acceptors (Lipinski definition) is 5. The smallest absolute Gasteiger partial charge is 0.215 e. The van der Waals surface area contributed by atoms with Crippen LogP contribution in [0.5, 0.6) is 11.6 Å². The molecule has 0 unspecified atom stereocenters. The first-order chi connectivity index (χ1) is 9.63. The Hall–Kier alpha value is -2.50. The van der Waals surface area contributed by atoms with Crippen LogP contribution in [0.3, 0.4) is 0 Å². The van der Waals surface area contributed by atoms with Crippen molar-refractivity contribution in [1.29, 1.82) is 0 Å². The number of nitrogens with two attached hydrogens (primary N) is 1. The SMILES string of the molecule is CCOc1ccc(Nc2nc(OC)ccc2N)cc1F. The van der Waals surface area contributed by atoms with E-state index in [1.807, 2.05) is 0 Å². The van der Waals surface area contributed by atoms with Crippen LogP contribution in [0.25, 0.3) is 0 Å². The number of pyridine rings is 1. The van der Waals surface area contributed by atoms with Crippen LogP contribution < -0.4 is 20.5 Å². The summed E-state index contributed by atoms with van der Waals surface area (Å²) in [6.45, 7) is 2.21. The Labute approximate surface area is 116 Å². The first-order valence-electron chi connectivity index (χ1n) is 6.14. The average Bonchev–Trinajstić information content (AvgIpc) is 2.44. The van der Waals surface area contributed by atoms with Crippen molar-refractivity contribution in [1.82, 2.24) is 4.98 Å². The molecule has 6 heteroatoms. The van der Waals surface area contributed by atoms with Crippen molar-refractivity contribution in [3.63, 3.8) is 0 Å². The average molecular weight is 277 g/mol. The van der Waals surface area contributed by atoms with Crippen LogP contribution in [0.1, 0.15) is 6.92 Å². The fraction of sp³-hybridized carbons (Fsp3) is 0.214. The summed E-state index contributed by atoms with van der Waals surface area (Å²) in [6.07, 6.45) is 0. The van der Waals surface area contributed by atoms with Crippen LogP contribution >= 0.6 is 0 Å². The van der Waals surface area contributed by atoms with Crippen molar-refractivity contribution in [2.24, 2.45) is 0 Å². The number of halogens is 1. The molecule has 0 amide bonds. The van der Waals surface area contributed by atoms with Crippen LogP contribution in [0, 0.1) is 5.82 Å². The number of benzene rings is 1. The van der Waals surface area contributed by atoms with Crippen molar-refractivity contribution in [2.75, 3.05) is 24.8 Å². The van der Waals surface area contributed by atoms with Gasteiger partial charge in [-0.15, -0.1) is 0 Å². The molecule has 106 valence electrons. The summed E-state index contributed by atoms with van der Waals surface area (Å²) < 4.78 is 23.9. The van der Waals surface area contributed by atoms with Gasteiger partial charge in [-0.1, -0.05) is 0 Å². The third-order valence-corrected chi connectivity index (χ3v) is 2.60. The first kappa shape index (κ1) is 13.9. The van der Waals surface area contributed by atoms with Crippen molar-refractivity contribution < 1.29 is 13.9 Å². The molecular formula is C14H16FN3O2. The van der Waals surface area contributed by atoms with E-state index in [2.05, 4.69) is 10.3 Å². The second-order valence-corrected chi connectivity index (χ2v) is 3.99. The summed E-state index contributed by atoms with van der Waals surface area (Å²) >= 11 is 0. The van der Waals surface area contributed by atoms with E-state index in [4.69, 9.17) is 15.2 Å². The maximum atomic E-state index is 13.7. The predicted molar refractivity (Wildman–Crippen MR) is 76.1 cm³/mol. The Kier molecular flexibility index (Phi) is 4.24. The Morgan fingerprint density at radius 2 is 2.10 bits per heavy atom. The predicted octanol–water partition coefficient (Wildman–Crippen LogP) is 2.95. The number of hydrogen-bond donors (Lipinski definition) is 2. The summed E-state index contributed by atoms with van der Waals surface area (Å²) in [5, 5.41) is 2.95. The lowest BCUT2D eigenvalue weighted by Gasteiger charge is -2.11. The van der Waals surface area contributed by atoms with Crippen LogP contribution in [0.2, 0.25) is 0 Å². The van der Waals surface area contributed by atoms with Crippen molar-refractivity contribution in [3.05, 3.63) is 36.1 Å². The highest BCUT2D eigenvalue weighted by Crippen LogP contribution is 2.26. The zero-order chi connectivity index (χ0) is 14.5. The summed E-state index contributed by atoms with van der Waals surface area (Å²) in [4.78, 5) is 4.16. The number of ether oxygens (including phenoxy) is 2. The van der Waals surface area contributed by atoms with E-state index in [0.29, 0.717) is 29.7 Å². The van der Waals surface area contributed by atoms with Gasteiger partial charge in [-0.05, 0) is 25.1 Å². The summed E-state index contributed by atoms with van der Waals surface area (Å²) in [6, 6.07) is 7.89. The van der Waals surface area contributed by atoms with E-state index in [1.165, 1.54) is 13.2 Å². The molecule has 0 fully saturated rings. The van der Waals surface area contributed by atoms with Gasteiger partial charge in [0.05, 0.1) is 19.4 Å². The lowest BCUT2D eigenvalue weighted by atomic mass is 10.2. The number of anilines is 3. The number of aromatic nitrogens is 1. The molecule has 0 atom stereocenters. The monoisotopic (exact) mass is 277 g/mol. The van der Waals surface area contributed by atoms with E-state index in [-0.39, 0.29) is 5.75 Å². The minimum Gasteiger partial charge on any atom is -0.491 e. The normalized spacial score (nSPS) is 10.2. The van der Waals surface area contributed by atoms with E-state index >= 15 is 0 Å². The molecule has 5 nitrogen and oxygen atoms in total. The molecule has 0 saturated heterocycles. The van der Waals surface area contributed by atoms with Crippen LogP contribution in [-0.4, -0.2) is 18.7 Å². The Morgan fingerprint density at radius 3 is 2.75 bits per heavy atom. The maximum Gasteiger partial charge on any atom is 0.215 e. The van der Waals surface area contributed by atoms with Crippen molar-refractivity contribution >= 4 is 17.2 Å². The molecule has 0 bridgehead atoms. The summed E-state index contributed by atoms with van der Waals surface area (Å²) in [5.41, 5.74) is 6.78. The van der Waals surface area contributed by atoms with Gasteiger partial charge in [-0.25, -0.2) is 4.39 Å². The van der Waals surface area contributed by atoms with Crippen LogP contribution in [0.15, 0.2) is 30.3 Å². The Balaban J connectivity index is 2.23. The highest BCUT2D eigenvalue weighted by atomic mass is 19.1. The Bertz CT molecular complexity index is 605. The molecule has 3 N–H and O–H groups in total. The molecule has 1 aromatic heterocycles. The molecule has 0 aliphatic carbocycles. The molecule has 2 rings (SSSR count). The standard InChI is InChI=1S/C14H16FN3O2/c1-3-20-12-6-4-9(8-10(12)15)17-14-11(16)5-7-13(18-14)19-2/h4-8H,3,16H2,1-2H3,(H,17,18). The zero-order valence-corrected chi connectivity index (χ0v) is 11.3. The number of methoxy groups -OCH3 is 1. The maximum absolute atomic E-state index is 13.7. The molecule has 20 heavy (non-hydrogen) atoms. The second kappa shape index (κ2) is 6.10. The largest absolute Gasteiger partial charge is 0.491 e. The number of nitrogen functional groups attached to an aromatic ring is 1. The van der Waals surface area contributed by atoms with Gasteiger partial charge >= 0.3 is 0 Å². The van der Waals surface area contributed by atoms with Crippen LogP contribution in [0.4, 0.5) is 21.6 Å². The molecule has 0 spiro atoms. The van der Waals surface area contributed by atoms with Crippen molar-refractivity contribution in [2.45, 2.75) is 6.92 Å². The van der Waals surface area contributed by atoms with Gasteiger partial charge in [-0.3, -0.25) is 0 Å². The first-order valence-corrected chi connectivity index (χ1v) is 6.14. The minimum absolute atomic E-state index is 0.213. The molecular weight excluding hydrogens is 261 g/mol. The van der Waals surface area contributed by atoms with Gasteiger partial charge in [0.2, 0.25) is 5.88 Å². The van der Waals surface area contributed by atoms with Crippen LogP contribution in [-0.2, 0) is 0 Å². The molecule has 1 heterocycles. The lowest BCUT2D eigenvalue weighted by Crippen LogP contribution is -2.01. The Morgan fingerprint density at radius 1 is 1.30 bits per heavy atom. The number of rotatable bonds is 5. The molecule has 0 aliphatic heterocycles. The van der Waals surface area contributed by atoms with E-state index in [1.54, 1.807) is 31.2 Å². The van der Waals surface area contributed by atoms with Gasteiger partial charge in [0.15, 0.2) is 17.4 Å². The van der Waals surface area contributed by atoms with E-state index in [9.17, 15) is 4.39 Å². The third-order valence-electron chi connectivity index (χ3n) is 2.60. The highest BCUT2D eigenvalue weighted by molar-refractivity contribution is 5.69. The number of nitrogens with one attached hydrogen (secondary N) is 1. The van der Waals surface area contributed by atoms with E-state index < -0.39 is 5.82 Å². The van der Waals surface area contributed by atoms with E-state index in [0.717, 1.165) is 0 Å². The minimum atomic E-state index is -0.446. The van der Waals surface area contributed by atoms with Gasteiger partial charge in [0.25, 0.3) is 0 Å². The summed E-state index contributed by atoms with van der Waals surface area (Å²) in [5.74, 6) is 0.601. The summed E-state index contributed by atoms with van der Waals surface area (Å²) in [7, 11) is 1.51.